The molecule has 1 amide bonds. The smallest absolute Gasteiger partial charge is 0.270 e. The van der Waals surface area contributed by atoms with Gasteiger partial charge in [-0.15, -0.1) is 10.2 Å². The molecule has 3 aromatic rings. The summed E-state index contributed by atoms with van der Waals surface area (Å²) in [6, 6.07) is 13.9. The van der Waals surface area contributed by atoms with Gasteiger partial charge in [-0.05, 0) is 17.7 Å². The number of carbonyl (C=O) groups excluding carboxylic acids is 1. The van der Waals surface area contributed by atoms with E-state index < -0.39 is 0 Å². The van der Waals surface area contributed by atoms with E-state index in [1.807, 2.05) is 30.3 Å². The lowest BCUT2D eigenvalue weighted by Gasteiger charge is -2.31. The average Bonchev–Trinajstić information content (AvgIpc) is 3.34. The maximum absolute atomic E-state index is 12.8. The average molecular weight is 338 g/mol. The Bertz CT molecular complexity index is 830. The monoisotopic (exact) mass is 338 g/mol. The number of carbonyl (C=O) groups is 1. The lowest BCUT2D eigenvalue weighted by atomic mass is 10.1. The van der Waals surface area contributed by atoms with Crippen LogP contribution in [0.15, 0.2) is 42.5 Å². The number of benzene rings is 1. The second kappa shape index (κ2) is 6.86. The third kappa shape index (κ3) is 3.43. The van der Waals surface area contributed by atoms with Crippen molar-refractivity contribution in [3.8, 4) is 0 Å². The molecule has 128 valence electrons. The van der Waals surface area contributed by atoms with E-state index in [2.05, 4.69) is 37.7 Å². The van der Waals surface area contributed by atoms with Crippen molar-refractivity contribution < 1.29 is 9.53 Å². The number of aromatic amines is 2. The highest BCUT2D eigenvalue weighted by Gasteiger charge is 2.29. The minimum Gasteiger partial charge on any atom is -0.366 e. The zero-order valence-corrected chi connectivity index (χ0v) is 13.6. The zero-order chi connectivity index (χ0) is 17.1. The minimum absolute atomic E-state index is 0.0453. The molecule has 0 aliphatic carbocycles. The Morgan fingerprint density at radius 3 is 2.92 bits per heavy atom. The largest absolute Gasteiger partial charge is 0.366 e. The summed E-state index contributed by atoms with van der Waals surface area (Å²) in [6.45, 7) is 1.40. The molecule has 3 heterocycles. The highest BCUT2D eigenvalue weighted by molar-refractivity contribution is 5.92. The van der Waals surface area contributed by atoms with Gasteiger partial charge >= 0.3 is 0 Å². The maximum atomic E-state index is 12.8. The summed E-state index contributed by atoms with van der Waals surface area (Å²) >= 11 is 0. The van der Waals surface area contributed by atoms with E-state index in [0.717, 1.165) is 12.1 Å². The van der Waals surface area contributed by atoms with E-state index >= 15 is 0 Å². The standard InChI is InChI=1S/C17H18N6O2/c24-17(23-8-9-25-15(11-23)16-19-21-22-20-16)14-7-6-13(18-14)10-12-4-2-1-3-5-12/h1-7,15,18H,8-11H2,(H,19,20,21,22). The van der Waals surface area contributed by atoms with Gasteiger partial charge in [-0.3, -0.25) is 4.79 Å². The highest BCUT2D eigenvalue weighted by atomic mass is 16.5. The number of aromatic nitrogens is 5. The Kier molecular flexibility index (Phi) is 4.26. The SMILES string of the molecule is O=C(c1ccc(Cc2ccccc2)[nH]1)N1CCOC(c2nn[nH]n2)C1. The number of nitrogens with zero attached hydrogens (tertiary/aromatic N) is 4. The second-order valence-electron chi connectivity index (χ2n) is 5.94. The van der Waals surface area contributed by atoms with Gasteiger partial charge in [-0.25, -0.2) is 0 Å². The molecule has 1 aliphatic rings. The van der Waals surface area contributed by atoms with Crippen molar-refractivity contribution in [2.75, 3.05) is 19.7 Å². The molecule has 2 N–H and O–H groups in total. The number of amides is 1. The molecule has 8 heteroatoms. The Labute approximate surface area is 144 Å². The number of tetrazole rings is 1. The number of ether oxygens (including phenoxy) is 1. The van der Waals surface area contributed by atoms with Crippen molar-refractivity contribution in [3.05, 3.63) is 65.2 Å². The predicted octanol–water partition coefficient (Wildman–Crippen LogP) is 1.33. The van der Waals surface area contributed by atoms with Crippen LogP contribution in [-0.4, -0.2) is 56.1 Å². The van der Waals surface area contributed by atoms with E-state index in [0.29, 0.717) is 31.2 Å². The molecule has 1 unspecified atom stereocenters. The van der Waals surface area contributed by atoms with E-state index in [9.17, 15) is 4.79 Å². The molecule has 0 saturated carbocycles. The van der Waals surface area contributed by atoms with Gasteiger partial charge in [0.05, 0.1) is 13.2 Å². The maximum Gasteiger partial charge on any atom is 0.270 e. The highest BCUT2D eigenvalue weighted by Crippen LogP contribution is 2.20. The van der Waals surface area contributed by atoms with Crippen LogP contribution in [0.4, 0.5) is 0 Å². The van der Waals surface area contributed by atoms with Gasteiger partial charge in [0, 0.05) is 18.7 Å². The third-order valence-corrected chi connectivity index (χ3v) is 4.22. The van der Waals surface area contributed by atoms with Crippen LogP contribution in [0.5, 0.6) is 0 Å². The van der Waals surface area contributed by atoms with Crippen LogP contribution < -0.4 is 0 Å². The quantitative estimate of drug-likeness (QED) is 0.747. The van der Waals surface area contributed by atoms with Crippen molar-refractivity contribution >= 4 is 5.91 Å². The molecule has 8 nitrogen and oxygen atoms in total. The molecule has 4 rings (SSSR count). The Morgan fingerprint density at radius 2 is 2.12 bits per heavy atom. The second-order valence-corrected chi connectivity index (χ2v) is 5.94. The van der Waals surface area contributed by atoms with E-state index in [1.165, 1.54) is 5.56 Å². The molecule has 1 aliphatic heterocycles. The minimum atomic E-state index is -0.352. The molecule has 0 radical (unpaired) electrons. The number of rotatable bonds is 4. The number of hydrogen-bond donors (Lipinski definition) is 2. The molecule has 25 heavy (non-hydrogen) atoms. The summed E-state index contributed by atoms with van der Waals surface area (Å²) in [6.07, 6.45) is 0.415. The molecular weight excluding hydrogens is 320 g/mol. The summed E-state index contributed by atoms with van der Waals surface area (Å²) in [5, 5.41) is 13.8. The van der Waals surface area contributed by atoms with Crippen molar-refractivity contribution in [3.63, 3.8) is 0 Å². The van der Waals surface area contributed by atoms with Gasteiger partial charge in [0.1, 0.15) is 11.8 Å². The van der Waals surface area contributed by atoms with Gasteiger partial charge in [-0.2, -0.15) is 5.21 Å². The van der Waals surface area contributed by atoms with Crippen LogP contribution in [0.2, 0.25) is 0 Å². The molecule has 1 fully saturated rings. The van der Waals surface area contributed by atoms with Crippen LogP contribution in [-0.2, 0) is 11.2 Å². The van der Waals surface area contributed by atoms with Crippen LogP contribution >= 0.6 is 0 Å². The predicted molar refractivity (Wildman–Crippen MR) is 88.8 cm³/mol. The normalized spacial score (nSPS) is 17.6. The summed E-state index contributed by atoms with van der Waals surface area (Å²) < 4.78 is 5.63. The number of nitrogens with one attached hydrogen (secondary N) is 2. The molecule has 1 saturated heterocycles. The third-order valence-electron chi connectivity index (χ3n) is 4.22. The van der Waals surface area contributed by atoms with Crippen LogP contribution in [0, 0.1) is 0 Å². The van der Waals surface area contributed by atoms with Crippen molar-refractivity contribution in [1.82, 2.24) is 30.5 Å². The summed E-state index contributed by atoms with van der Waals surface area (Å²) in [5.74, 6) is 0.421. The van der Waals surface area contributed by atoms with E-state index in [-0.39, 0.29) is 12.0 Å². The summed E-state index contributed by atoms with van der Waals surface area (Å²) in [5.41, 5.74) is 2.80. The Hall–Kier alpha value is -3.00. The van der Waals surface area contributed by atoms with Gasteiger partial charge in [0.25, 0.3) is 5.91 Å². The first-order valence-corrected chi connectivity index (χ1v) is 8.15. The first-order chi connectivity index (χ1) is 12.3. The lowest BCUT2D eigenvalue weighted by Crippen LogP contribution is -2.42. The van der Waals surface area contributed by atoms with Crippen LogP contribution in [0.25, 0.3) is 0 Å². The van der Waals surface area contributed by atoms with Gasteiger partial charge < -0.3 is 14.6 Å². The van der Waals surface area contributed by atoms with Gasteiger partial charge in [0.15, 0.2) is 0 Å². The molecule has 1 atom stereocenters. The topological polar surface area (TPSA) is 99.8 Å². The molecule has 0 spiro atoms. The van der Waals surface area contributed by atoms with Crippen LogP contribution in [0.1, 0.15) is 33.7 Å². The number of hydrogen-bond acceptors (Lipinski definition) is 5. The number of H-pyrrole nitrogens is 2. The molecule has 1 aromatic carbocycles. The lowest BCUT2D eigenvalue weighted by molar-refractivity contribution is -0.0269. The van der Waals surface area contributed by atoms with Crippen molar-refractivity contribution in [2.24, 2.45) is 0 Å². The fourth-order valence-corrected chi connectivity index (χ4v) is 2.95. The summed E-state index contributed by atoms with van der Waals surface area (Å²) in [7, 11) is 0. The van der Waals surface area contributed by atoms with Crippen LogP contribution in [0.3, 0.4) is 0 Å². The van der Waals surface area contributed by atoms with E-state index in [4.69, 9.17) is 4.74 Å². The zero-order valence-electron chi connectivity index (χ0n) is 13.6. The molecule has 2 aromatic heterocycles. The summed E-state index contributed by atoms with van der Waals surface area (Å²) in [4.78, 5) is 17.7. The Balaban J connectivity index is 1.44. The first kappa shape index (κ1) is 15.5. The van der Waals surface area contributed by atoms with Gasteiger partial charge in [0.2, 0.25) is 5.82 Å². The Morgan fingerprint density at radius 1 is 1.24 bits per heavy atom. The molecule has 0 bridgehead atoms. The van der Waals surface area contributed by atoms with E-state index in [1.54, 1.807) is 4.90 Å². The van der Waals surface area contributed by atoms with Crippen molar-refractivity contribution in [2.45, 2.75) is 12.5 Å². The van der Waals surface area contributed by atoms with Gasteiger partial charge in [-0.1, -0.05) is 35.5 Å². The fourth-order valence-electron chi connectivity index (χ4n) is 2.95. The molecular formula is C17H18N6O2. The van der Waals surface area contributed by atoms with Crippen molar-refractivity contribution in [1.29, 1.82) is 0 Å². The number of morpholine rings is 1. The fraction of sp³-hybridized carbons (Fsp3) is 0.294. The first-order valence-electron chi connectivity index (χ1n) is 8.15.